The molecular formula is C30H34FN4O6PS. The predicted octanol–water partition coefficient (Wildman–Crippen LogP) is 4.49. The normalized spacial score (nSPS) is 25.3. The Bertz CT molecular complexity index is 1580. The zero-order valence-corrected chi connectivity index (χ0v) is 25.2. The van der Waals surface area contributed by atoms with E-state index >= 15 is 0 Å². The van der Waals surface area contributed by atoms with E-state index in [1.165, 1.54) is 24.3 Å². The average Bonchev–Trinajstić information content (AvgIpc) is 3.75. The highest BCUT2D eigenvalue weighted by Gasteiger charge is 2.46. The van der Waals surface area contributed by atoms with Gasteiger partial charge in [0.1, 0.15) is 12.1 Å². The molecule has 228 valence electrons. The third-order valence-corrected chi connectivity index (χ3v) is 10.9. The van der Waals surface area contributed by atoms with E-state index in [-0.39, 0.29) is 29.3 Å². The van der Waals surface area contributed by atoms with Gasteiger partial charge in [-0.3, -0.25) is 23.9 Å². The first-order valence-corrected chi connectivity index (χ1v) is 17.1. The molecule has 3 aromatic rings. The number of fused-ring (bicyclic) bond motifs is 2. The second kappa shape index (κ2) is 12.1. The SMILES string of the molecule is O=C(NC1CCCC[C@H]2CC[C@@H](C(=O)N3CCC(c4cccnc4)C3)N2C1=O)c1cc2cc(C(F)P(=O)(O)O)ccc2s1. The summed E-state index contributed by atoms with van der Waals surface area (Å²) >= 11 is 1.15. The van der Waals surface area contributed by atoms with Crippen LogP contribution in [-0.4, -0.2) is 73.5 Å². The van der Waals surface area contributed by atoms with Crippen LogP contribution in [-0.2, 0) is 14.2 Å². The molecule has 6 rings (SSSR count). The minimum absolute atomic E-state index is 0.0327. The number of likely N-dealkylation sites (tertiary alicyclic amines) is 1. The fourth-order valence-corrected chi connectivity index (χ4v) is 8.21. The molecule has 0 spiro atoms. The molecule has 3 amide bonds. The number of nitrogens with one attached hydrogen (secondary N) is 1. The highest BCUT2D eigenvalue weighted by Crippen LogP contribution is 2.53. The molecule has 3 aliphatic heterocycles. The van der Waals surface area contributed by atoms with Crippen LogP contribution in [0.15, 0.2) is 48.8 Å². The van der Waals surface area contributed by atoms with Crippen LogP contribution in [0.1, 0.15) is 77.6 Å². The summed E-state index contributed by atoms with van der Waals surface area (Å²) in [6.07, 6.45) is 8.74. The molecule has 0 radical (unpaired) electrons. The number of carbonyl (C=O) groups is 3. The summed E-state index contributed by atoms with van der Waals surface area (Å²) in [6, 6.07) is 8.25. The Hall–Kier alpha value is -3.18. The van der Waals surface area contributed by atoms with Crippen LogP contribution in [0.2, 0.25) is 0 Å². The number of amides is 3. The molecule has 43 heavy (non-hydrogen) atoms. The molecular weight excluding hydrogens is 594 g/mol. The molecule has 3 saturated heterocycles. The quantitative estimate of drug-likeness (QED) is 0.342. The van der Waals surface area contributed by atoms with Crippen molar-refractivity contribution in [3.8, 4) is 0 Å². The van der Waals surface area contributed by atoms with Gasteiger partial charge in [-0.25, -0.2) is 4.39 Å². The van der Waals surface area contributed by atoms with Crippen LogP contribution in [0.5, 0.6) is 0 Å². The molecule has 3 aliphatic rings. The number of nitrogens with zero attached hydrogens (tertiary/aromatic N) is 3. The fourth-order valence-electron chi connectivity index (χ4n) is 6.71. The summed E-state index contributed by atoms with van der Waals surface area (Å²) < 4.78 is 26.3. The van der Waals surface area contributed by atoms with Crippen molar-refractivity contribution in [1.29, 1.82) is 0 Å². The third-order valence-electron chi connectivity index (χ3n) is 8.92. The maximum absolute atomic E-state index is 14.2. The Morgan fingerprint density at radius 3 is 2.67 bits per heavy atom. The fraction of sp³-hybridized carbons (Fsp3) is 0.467. The molecule has 5 heterocycles. The highest BCUT2D eigenvalue weighted by atomic mass is 32.1. The van der Waals surface area contributed by atoms with Gasteiger partial charge in [0.15, 0.2) is 0 Å². The predicted molar refractivity (Wildman–Crippen MR) is 159 cm³/mol. The van der Waals surface area contributed by atoms with Gasteiger partial charge >= 0.3 is 7.60 Å². The first-order valence-electron chi connectivity index (χ1n) is 14.6. The van der Waals surface area contributed by atoms with Gasteiger partial charge in [0.05, 0.1) is 4.88 Å². The van der Waals surface area contributed by atoms with Gasteiger partial charge in [-0.1, -0.05) is 25.0 Å². The Labute approximate surface area is 252 Å². The number of alkyl halides is 1. The van der Waals surface area contributed by atoms with Gasteiger partial charge in [-0.05, 0) is 72.9 Å². The van der Waals surface area contributed by atoms with Crippen LogP contribution in [0.3, 0.4) is 0 Å². The van der Waals surface area contributed by atoms with E-state index in [9.17, 15) is 33.1 Å². The number of carbonyl (C=O) groups excluding carboxylic acids is 3. The summed E-state index contributed by atoms with van der Waals surface area (Å²) in [6.45, 7) is 1.23. The molecule has 0 saturated carbocycles. The standard InChI is InChI=1S/C30H34FN4O6PS/c31-27(42(39,40)41)18-7-10-25-21(14-18)15-26(43-25)28(36)33-23-6-2-1-5-22-8-9-24(35(22)29(23)37)30(38)34-13-11-20(17-34)19-4-3-12-32-16-19/h3-4,7,10,12,14-16,20,22-24,27H,1-2,5-6,8-9,11,13,17H2,(H,33,36)(H2,39,40,41)/t20?,22-,23?,24-,27?/m0/s1. The molecule has 10 nitrogen and oxygen atoms in total. The summed E-state index contributed by atoms with van der Waals surface area (Å²) in [5.41, 5.74) is 0.942. The van der Waals surface area contributed by atoms with Crippen molar-refractivity contribution in [3.05, 3.63) is 64.8 Å². The van der Waals surface area contributed by atoms with E-state index in [0.717, 1.165) is 49.0 Å². The van der Waals surface area contributed by atoms with Crippen molar-refractivity contribution in [3.63, 3.8) is 0 Å². The van der Waals surface area contributed by atoms with E-state index in [1.54, 1.807) is 11.1 Å². The minimum atomic E-state index is -4.97. The second-order valence-electron chi connectivity index (χ2n) is 11.7. The number of benzene rings is 1. The van der Waals surface area contributed by atoms with Gasteiger partial charge in [0.25, 0.3) is 5.91 Å². The molecule has 3 unspecified atom stereocenters. The molecule has 13 heteroatoms. The van der Waals surface area contributed by atoms with E-state index < -0.39 is 31.5 Å². The van der Waals surface area contributed by atoms with Gasteiger partial charge in [0, 0.05) is 42.1 Å². The molecule has 0 bridgehead atoms. The monoisotopic (exact) mass is 628 g/mol. The van der Waals surface area contributed by atoms with Crippen LogP contribution in [0.4, 0.5) is 4.39 Å². The maximum atomic E-state index is 14.2. The Kier molecular flexibility index (Phi) is 8.39. The van der Waals surface area contributed by atoms with Crippen molar-refractivity contribution in [1.82, 2.24) is 20.1 Å². The topological polar surface area (TPSA) is 140 Å². The number of halogens is 1. The number of hydrogen-bond donors (Lipinski definition) is 3. The largest absolute Gasteiger partial charge is 0.363 e. The lowest BCUT2D eigenvalue weighted by molar-refractivity contribution is -0.146. The number of pyridine rings is 1. The van der Waals surface area contributed by atoms with Crippen LogP contribution < -0.4 is 5.32 Å². The zero-order valence-electron chi connectivity index (χ0n) is 23.5. The van der Waals surface area contributed by atoms with Crippen molar-refractivity contribution in [2.24, 2.45) is 0 Å². The molecule has 3 fully saturated rings. The van der Waals surface area contributed by atoms with Gasteiger partial charge in [0.2, 0.25) is 17.7 Å². The summed E-state index contributed by atoms with van der Waals surface area (Å²) in [5, 5.41) is 3.38. The van der Waals surface area contributed by atoms with Gasteiger partial charge in [-0.15, -0.1) is 11.3 Å². The van der Waals surface area contributed by atoms with Crippen molar-refractivity contribution in [2.75, 3.05) is 13.1 Å². The first-order chi connectivity index (χ1) is 20.6. The summed E-state index contributed by atoms with van der Waals surface area (Å²) in [5.74, 6) is -2.95. The molecule has 1 aromatic carbocycles. The first kappa shape index (κ1) is 29.9. The van der Waals surface area contributed by atoms with Crippen molar-refractivity contribution >= 4 is 46.7 Å². The summed E-state index contributed by atoms with van der Waals surface area (Å²) in [7, 11) is -4.97. The molecule has 2 aromatic heterocycles. The van der Waals surface area contributed by atoms with Crippen molar-refractivity contribution in [2.45, 2.75) is 74.9 Å². The number of thiophene rings is 1. The van der Waals surface area contributed by atoms with Crippen LogP contribution >= 0.6 is 18.9 Å². The lowest BCUT2D eigenvalue weighted by Crippen LogP contribution is -2.56. The van der Waals surface area contributed by atoms with E-state index in [2.05, 4.69) is 10.3 Å². The Morgan fingerprint density at radius 2 is 1.91 bits per heavy atom. The Morgan fingerprint density at radius 1 is 1.09 bits per heavy atom. The third kappa shape index (κ3) is 6.11. The van der Waals surface area contributed by atoms with Crippen LogP contribution in [0.25, 0.3) is 10.1 Å². The number of hydrogen-bond acceptors (Lipinski definition) is 6. The number of aromatic nitrogens is 1. The van der Waals surface area contributed by atoms with Crippen LogP contribution in [0, 0.1) is 0 Å². The Balaban J connectivity index is 1.16. The lowest BCUT2D eigenvalue weighted by atomic mass is 9.99. The maximum Gasteiger partial charge on any atom is 0.363 e. The highest BCUT2D eigenvalue weighted by molar-refractivity contribution is 7.51. The zero-order chi connectivity index (χ0) is 30.3. The molecule has 0 aliphatic carbocycles. The minimum Gasteiger partial charge on any atom is -0.340 e. The van der Waals surface area contributed by atoms with E-state index in [1.807, 2.05) is 23.2 Å². The van der Waals surface area contributed by atoms with E-state index in [0.29, 0.717) is 40.9 Å². The summed E-state index contributed by atoms with van der Waals surface area (Å²) in [4.78, 5) is 67.6. The lowest BCUT2D eigenvalue weighted by Gasteiger charge is -2.36. The molecule has 5 atom stereocenters. The second-order valence-corrected chi connectivity index (χ2v) is 14.4. The molecule has 3 N–H and O–H groups in total. The van der Waals surface area contributed by atoms with E-state index in [4.69, 9.17) is 0 Å². The van der Waals surface area contributed by atoms with Gasteiger partial charge in [-0.2, -0.15) is 0 Å². The average molecular weight is 629 g/mol. The number of rotatable bonds is 6. The smallest absolute Gasteiger partial charge is 0.340 e. The van der Waals surface area contributed by atoms with Gasteiger partial charge < -0.3 is 24.9 Å². The van der Waals surface area contributed by atoms with Crippen molar-refractivity contribution < 1.29 is 33.1 Å².